The molecule has 0 aliphatic carbocycles. The van der Waals surface area contributed by atoms with Crippen molar-refractivity contribution in [2.24, 2.45) is 0 Å². The predicted molar refractivity (Wildman–Crippen MR) is 113 cm³/mol. The lowest BCUT2D eigenvalue weighted by molar-refractivity contribution is -0.127. The van der Waals surface area contributed by atoms with E-state index in [4.69, 9.17) is 4.74 Å². The third-order valence-corrected chi connectivity index (χ3v) is 4.64. The Morgan fingerprint density at radius 1 is 1.25 bits per heavy atom. The van der Waals surface area contributed by atoms with Crippen LogP contribution < -0.4 is 5.56 Å². The number of hydrogen-bond acceptors (Lipinski definition) is 4. The number of ether oxygens (including phenoxy) is 1. The number of methoxy groups -OCH3 is 1. The van der Waals surface area contributed by atoms with Crippen LogP contribution in [0.3, 0.4) is 0 Å². The van der Waals surface area contributed by atoms with Crippen LogP contribution in [0, 0.1) is 0 Å². The molecule has 0 saturated heterocycles. The van der Waals surface area contributed by atoms with Crippen LogP contribution in [0.4, 0.5) is 0 Å². The van der Waals surface area contributed by atoms with E-state index in [9.17, 15) is 9.59 Å². The second-order valence-electron chi connectivity index (χ2n) is 6.17. The van der Waals surface area contributed by atoms with Gasteiger partial charge in [-0.15, -0.1) is 0 Å². The zero-order valence-electron chi connectivity index (χ0n) is 15.4. The van der Waals surface area contributed by atoms with E-state index in [1.165, 1.54) is 6.08 Å². The monoisotopic (exact) mass is 441 g/mol. The fourth-order valence-corrected chi connectivity index (χ4v) is 3.16. The largest absolute Gasteiger partial charge is 0.383 e. The number of fused-ring (bicyclic) bond motifs is 1. The van der Waals surface area contributed by atoms with Gasteiger partial charge in [-0.05, 0) is 35.9 Å². The molecular formula is C21H20BrN3O3. The number of aromatic nitrogens is 2. The highest BCUT2D eigenvalue weighted by atomic mass is 79.9. The van der Waals surface area contributed by atoms with Gasteiger partial charge < -0.3 is 14.6 Å². The van der Waals surface area contributed by atoms with E-state index >= 15 is 0 Å². The summed E-state index contributed by atoms with van der Waals surface area (Å²) >= 11 is 3.42. The topological polar surface area (TPSA) is 75.3 Å². The van der Waals surface area contributed by atoms with Crippen molar-refractivity contribution in [2.45, 2.75) is 6.54 Å². The quantitative estimate of drug-likeness (QED) is 0.570. The Kier molecular flexibility index (Phi) is 6.73. The van der Waals surface area contributed by atoms with Gasteiger partial charge in [-0.25, -0.2) is 4.98 Å². The molecule has 1 amide bonds. The first kappa shape index (κ1) is 20.0. The summed E-state index contributed by atoms with van der Waals surface area (Å²) in [4.78, 5) is 33.8. The van der Waals surface area contributed by atoms with Gasteiger partial charge in [0.15, 0.2) is 0 Å². The number of aromatic amines is 1. The summed E-state index contributed by atoms with van der Waals surface area (Å²) in [5.74, 6) is 0.247. The Morgan fingerprint density at radius 2 is 2.07 bits per heavy atom. The van der Waals surface area contributed by atoms with Crippen LogP contribution in [0.2, 0.25) is 0 Å². The zero-order valence-corrected chi connectivity index (χ0v) is 17.0. The number of benzene rings is 2. The molecule has 1 N–H and O–H groups in total. The predicted octanol–water partition coefficient (Wildman–Crippen LogP) is 3.37. The molecule has 6 nitrogen and oxygen atoms in total. The molecule has 7 heteroatoms. The normalized spacial score (nSPS) is 11.2. The number of H-pyrrole nitrogens is 1. The molecule has 0 saturated carbocycles. The molecule has 0 atom stereocenters. The minimum atomic E-state index is -0.218. The van der Waals surface area contributed by atoms with Crippen molar-refractivity contribution >= 4 is 38.8 Å². The van der Waals surface area contributed by atoms with Gasteiger partial charge in [-0.3, -0.25) is 9.59 Å². The van der Waals surface area contributed by atoms with Crippen molar-refractivity contribution < 1.29 is 9.53 Å². The maximum Gasteiger partial charge on any atom is 0.258 e. The van der Waals surface area contributed by atoms with Gasteiger partial charge in [-0.2, -0.15) is 0 Å². The summed E-state index contributed by atoms with van der Waals surface area (Å²) in [5, 5.41) is 0.524. The lowest BCUT2D eigenvalue weighted by Crippen LogP contribution is -2.33. The number of nitrogens with one attached hydrogen (secondary N) is 1. The molecule has 3 aromatic rings. The second-order valence-corrected chi connectivity index (χ2v) is 7.09. The number of nitrogens with zero attached hydrogens (tertiary/aromatic N) is 2. The van der Waals surface area contributed by atoms with Gasteiger partial charge >= 0.3 is 0 Å². The van der Waals surface area contributed by atoms with Crippen molar-refractivity contribution in [1.82, 2.24) is 14.9 Å². The van der Waals surface area contributed by atoms with Crippen LogP contribution in [0.25, 0.3) is 17.0 Å². The first-order chi connectivity index (χ1) is 13.6. The summed E-state index contributed by atoms with van der Waals surface area (Å²) in [6.45, 7) is 0.952. The summed E-state index contributed by atoms with van der Waals surface area (Å²) < 4.78 is 6.06. The third-order valence-electron chi connectivity index (χ3n) is 4.15. The van der Waals surface area contributed by atoms with Crippen molar-refractivity contribution in [3.63, 3.8) is 0 Å². The van der Waals surface area contributed by atoms with E-state index < -0.39 is 0 Å². The summed E-state index contributed by atoms with van der Waals surface area (Å²) in [6.07, 6.45) is 3.26. The fraction of sp³-hybridized carbons (Fsp3) is 0.190. The highest BCUT2D eigenvalue weighted by Crippen LogP contribution is 2.13. The van der Waals surface area contributed by atoms with Gasteiger partial charge in [-0.1, -0.05) is 40.2 Å². The van der Waals surface area contributed by atoms with Crippen LogP contribution in [0.1, 0.15) is 11.4 Å². The first-order valence-electron chi connectivity index (χ1n) is 8.76. The Balaban J connectivity index is 1.81. The maximum atomic E-state index is 12.7. The molecule has 144 valence electrons. The smallest absolute Gasteiger partial charge is 0.258 e. The first-order valence-corrected chi connectivity index (χ1v) is 9.55. The number of para-hydroxylation sites is 1. The molecule has 1 aromatic heterocycles. The lowest BCUT2D eigenvalue weighted by Gasteiger charge is -2.20. The van der Waals surface area contributed by atoms with E-state index in [1.807, 2.05) is 30.3 Å². The average molecular weight is 442 g/mol. The van der Waals surface area contributed by atoms with E-state index in [2.05, 4.69) is 25.9 Å². The Morgan fingerprint density at radius 3 is 2.86 bits per heavy atom. The molecule has 0 spiro atoms. The van der Waals surface area contributed by atoms with Crippen LogP contribution in [0.5, 0.6) is 0 Å². The highest BCUT2D eigenvalue weighted by molar-refractivity contribution is 9.10. The molecule has 0 unspecified atom stereocenters. The van der Waals surface area contributed by atoms with Crippen LogP contribution in [-0.4, -0.2) is 41.0 Å². The molecule has 1 heterocycles. The Hall–Kier alpha value is -2.77. The van der Waals surface area contributed by atoms with Gasteiger partial charge in [0.05, 0.1) is 24.1 Å². The molecule has 0 bridgehead atoms. The van der Waals surface area contributed by atoms with Crippen LogP contribution in [0.15, 0.2) is 63.9 Å². The number of hydrogen-bond donors (Lipinski definition) is 1. The zero-order chi connectivity index (χ0) is 19.9. The van der Waals surface area contributed by atoms with Crippen molar-refractivity contribution in [1.29, 1.82) is 0 Å². The number of rotatable bonds is 7. The van der Waals surface area contributed by atoms with Crippen molar-refractivity contribution in [2.75, 3.05) is 20.3 Å². The third kappa shape index (κ3) is 5.15. The summed E-state index contributed by atoms with van der Waals surface area (Å²) in [7, 11) is 1.58. The number of amides is 1. The number of carbonyl (C=O) groups is 1. The maximum absolute atomic E-state index is 12.7. The minimum Gasteiger partial charge on any atom is -0.383 e. The van der Waals surface area contributed by atoms with Gasteiger partial charge in [0.2, 0.25) is 5.91 Å². The molecule has 0 fully saturated rings. The molecule has 0 aliphatic rings. The Bertz CT molecular complexity index is 1060. The van der Waals surface area contributed by atoms with Gasteiger partial charge in [0.1, 0.15) is 5.82 Å². The molecule has 0 radical (unpaired) electrons. The average Bonchev–Trinajstić information content (AvgIpc) is 2.69. The van der Waals surface area contributed by atoms with Crippen LogP contribution >= 0.6 is 15.9 Å². The van der Waals surface area contributed by atoms with E-state index in [0.29, 0.717) is 29.9 Å². The van der Waals surface area contributed by atoms with Crippen molar-refractivity contribution in [3.8, 4) is 0 Å². The summed E-state index contributed by atoms with van der Waals surface area (Å²) in [6, 6.07) is 14.8. The molecule has 2 aromatic carbocycles. The fourth-order valence-electron chi connectivity index (χ4n) is 2.74. The van der Waals surface area contributed by atoms with Crippen molar-refractivity contribution in [3.05, 3.63) is 80.8 Å². The van der Waals surface area contributed by atoms with E-state index in [-0.39, 0.29) is 18.0 Å². The van der Waals surface area contributed by atoms with Gasteiger partial charge in [0.25, 0.3) is 5.56 Å². The van der Waals surface area contributed by atoms with E-state index in [0.717, 1.165) is 10.0 Å². The molecule has 3 rings (SSSR count). The van der Waals surface area contributed by atoms with E-state index in [1.54, 1.807) is 36.3 Å². The second kappa shape index (κ2) is 9.43. The van der Waals surface area contributed by atoms with Gasteiger partial charge in [0, 0.05) is 24.2 Å². The number of halogens is 1. The standard InChI is InChI=1S/C21H20BrN3O3/c1-28-12-11-25(20(26)10-9-15-5-4-6-16(22)13-15)14-19-23-18-8-3-2-7-17(18)21(27)24-19/h2-10,13H,11-12,14H2,1H3,(H,23,24,27). The Labute approximate surface area is 171 Å². The molecule has 0 aliphatic heterocycles. The lowest BCUT2D eigenvalue weighted by atomic mass is 10.2. The molecule has 28 heavy (non-hydrogen) atoms. The molecular weight excluding hydrogens is 422 g/mol. The summed E-state index contributed by atoms with van der Waals surface area (Å²) in [5.41, 5.74) is 1.29. The minimum absolute atomic E-state index is 0.186. The number of carbonyl (C=O) groups excluding carboxylic acids is 1. The highest BCUT2D eigenvalue weighted by Gasteiger charge is 2.14. The SMILES string of the molecule is COCCN(Cc1nc2ccccc2c(=O)[nH]1)C(=O)C=Cc1cccc(Br)c1. The van der Waals surface area contributed by atoms with Crippen LogP contribution in [-0.2, 0) is 16.1 Å².